The van der Waals surface area contributed by atoms with Gasteiger partial charge in [-0.1, -0.05) is 11.6 Å². The highest BCUT2D eigenvalue weighted by molar-refractivity contribution is 6.32. The maximum absolute atomic E-state index is 11.8. The topological polar surface area (TPSA) is 110 Å². The molecule has 2 aromatic rings. The zero-order valence-electron chi connectivity index (χ0n) is 17.6. The van der Waals surface area contributed by atoms with Gasteiger partial charge in [0.25, 0.3) is 0 Å². The Morgan fingerprint density at radius 3 is 2.65 bits per heavy atom. The molecule has 10 heteroatoms. The van der Waals surface area contributed by atoms with Gasteiger partial charge in [-0.05, 0) is 39.0 Å². The van der Waals surface area contributed by atoms with Crippen LogP contribution in [0.15, 0.2) is 30.6 Å². The van der Waals surface area contributed by atoms with E-state index < -0.39 is 11.8 Å². The third kappa shape index (κ3) is 6.98. The molecule has 1 aliphatic rings. The maximum Gasteiger partial charge on any atom is 0.528 e. The summed E-state index contributed by atoms with van der Waals surface area (Å²) in [5.74, 6) is 0.972. The van der Waals surface area contributed by atoms with Crippen LogP contribution in [0.5, 0.6) is 5.88 Å². The second-order valence-electron chi connectivity index (χ2n) is 7.97. The van der Waals surface area contributed by atoms with E-state index in [1.165, 1.54) is 6.33 Å². The van der Waals surface area contributed by atoms with Crippen molar-refractivity contribution in [2.45, 2.75) is 45.3 Å². The lowest BCUT2D eigenvalue weighted by molar-refractivity contribution is -0.159. The molecule has 0 spiro atoms. The van der Waals surface area contributed by atoms with Gasteiger partial charge in [0.2, 0.25) is 5.88 Å². The minimum absolute atomic E-state index is 0.0643. The number of hydrogen-bond donors (Lipinski definition) is 1. The van der Waals surface area contributed by atoms with Crippen LogP contribution in [0.1, 0.15) is 39.2 Å². The first-order valence-electron chi connectivity index (χ1n) is 9.83. The fourth-order valence-electron chi connectivity index (χ4n) is 2.89. The molecule has 0 unspecified atom stereocenters. The molecule has 1 aliphatic heterocycles. The Morgan fingerprint density at radius 2 is 2.00 bits per heavy atom. The maximum atomic E-state index is 11.8. The highest BCUT2D eigenvalue weighted by Crippen LogP contribution is 2.24. The van der Waals surface area contributed by atoms with Gasteiger partial charge in [0, 0.05) is 37.7 Å². The Balaban J connectivity index is 1.51. The van der Waals surface area contributed by atoms with Crippen LogP contribution in [0, 0.1) is 11.3 Å². The van der Waals surface area contributed by atoms with Crippen LogP contribution in [-0.2, 0) is 9.57 Å². The molecular formula is C21H24ClN5O4. The second-order valence-corrected chi connectivity index (χ2v) is 8.38. The Morgan fingerprint density at radius 1 is 1.26 bits per heavy atom. The van der Waals surface area contributed by atoms with Crippen molar-refractivity contribution in [2.75, 3.05) is 18.4 Å². The number of hydroxylamine groups is 2. The minimum atomic E-state index is -0.707. The van der Waals surface area contributed by atoms with Crippen molar-refractivity contribution in [3.63, 3.8) is 0 Å². The van der Waals surface area contributed by atoms with Gasteiger partial charge in [-0.25, -0.2) is 14.8 Å². The molecule has 1 N–H and O–H groups in total. The highest BCUT2D eigenvalue weighted by Gasteiger charge is 2.26. The molecule has 0 atom stereocenters. The van der Waals surface area contributed by atoms with Gasteiger partial charge in [0.15, 0.2) is 0 Å². The number of hydrogen-bond acceptors (Lipinski definition) is 9. The number of carbonyl (C=O) groups is 1. The number of carbonyl (C=O) groups excluding carboxylic acids is 1. The molecule has 0 aliphatic carbocycles. The summed E-state index contributed by atoms with van der Waals surface area (Å²) < 4.78 is 11.1. The van der Waals surface area contributed by atoms with Crippen LogP contribution in [0.4, 0.5) is 16.3 Å². The number of nitrogens with zero attached hydrogens (tertiary/aromatic N) is 4. The molecule has 2 heterocycles. The summed E-state index contributed by atoms with van der Waals surface area (Å²) in [7, 11) is 0. The van der Waals surface area contributed by atoms with E-state index in [2.05, 4.69) is 15.3 Å². The van der Waals surface area contributed by atoms with Crippen LogP contribution in [-0.4, -0.2) is 46.0 Å². The van der Waals surface area contributed by atoms with Crippen molar-refractivity contribution in [1.82, 2.24) is 15.0 Å². The number of nitriles is 1. The summed E-state index contributed by atoms with van der Waals surface area (Å²) >= 11 is 6.07. The molecule has 1 aromatic heterocycles. The molecule has 9 nitrogen and oxygen atoms in total. The first-order valence-corrected chi connectivity index (χ1v) is 10.2. The first-order chi connectivity index (χ1) is 14.7. The standard InChI is InChI=1S/C21H24ClN5O4/c1-21(2,3)30-20(28)31-27-8-6-16(7-9-27)29-19-11-18(24-13-25-19)26-15-5-4-14(12-23)17(22)10-15/h4-5,10-11,13,16H,6-9H2,1-3H3,(H,24,25,26). The quantitative estimate of drug-likeness (QED) is 0.667. The number of rotatable bonds is 5. The van der Waals surface area contributed by atoms with Crippen LogP contribution in [0.2, 0.25) is 5.02 Å². The number of ether oxygens (including phenoxy) is 2. The number of halogens is 1. The van der Waals surface area contributed by atoms with Crippen LogP contribution >= 0.6 is 11.6 Å². The summed E-state index contributed by atoms with van der Waals surface area (Å²) in [5, 5.41) is 14.0. The number of nitrogens with one attached hydrogen (secondary N) is 1. The molecular weight excluding hydrogens is 422 g/mol. The van der Waals surface area contributed by atoms with Crippen molar-refractivity contribution in [1.29, 1.82) is 5.26 Å². The predicted octanol–water partition coefficient (Wildman–Crippen LogP) is 4.46. The van der Waals surface area contributed by atoms with Crippen molar-refractivity contribution in [3.8, 4) is 11.9 Å². The zero-order chi connectivity index (χ0) is 22.4. The fourth-order valence-corrected chi connectivity index (χ4v) is 3.11. The summed E-state index contributed by atoms with van der Waals surface area (Å²) in [6.45, 7) is 6.42. The van der Waals surface area contributed by atoms with E-state index in [9.17, 15) is 4.79 Å². The van der Waals surface area contributed by atoms with Gasteiger partial charge >= 0.3 is 6.16 Å². The molecule has 0 bridgehead atoms. The van der Waals surface area contributed by atoms with Crippen molar-refractivity contribution in [3.05, 3.63) is 41.2 Å². The summed E-state index contributed by atoms with van der Waals surface area (Å²) in [6, 6.07) is 8.75. The van der Waals surface area contributed by atoms with E-state index in [1.54, 1.807) is 50.1 Å². The average molecular weight is 446 g/mol. The summed E-state index contributed by atoms with van der Waals surface area (Å²) in [6.07, 6.45) is 1.97. The first kappa shape index (κ1) is 22.6. The second kappa shape index (κ2) is 9.81. The zero-order valence-corrected chi connectivity index (χ0v) is 18.3. The lowest BCUT2D eigenvalue weighted by Gasteiger charge is -2.30. The molecule has 1 saturated heterocycles. The third-order valence-corrected chi connectivity index (χ3v) is 4.60. The number of piperidine rings is 1. The molecule has 164 valence electrons. The highest BCUT2D eigenvalue weighted by atomic mass is 35.5. The summed E-state index contributed by atoms with van der Waals surface area (Å²) in [4.78, 5) is 25.4. The van der Waals surface area contributed by atoms with E-state index in [4.69, 9.17) is 31.2 Å². The Labute approximate surface area is 185 Å². The van der Waals surface area contributed by atoms with Gasteiger partial charge in [-0.2, -0.15) is 5.26 Å². The van der Waals surface area contributed by atoms with Crippen LogP contribution in [0.25, 0.3) is 0 Å². The van der Waals surface area contributed by atoms with Gasteiger partial charge in [0.05, 0.1) is 10.6 Å². The lowest BCUT2D eigenvalue weighted by atomic mass is 10.1. The largest absolute Gasteiger partial charge is 0.528 e. The van der Waals surface area contributed by atoms with E-state index in [0.717, 1.165) is 0 Å². The Bertz CT molecular complexity index is 965. The SMILES string of the molecule is CC(C)(C)OC(=O)ON1CCC(Oc2cc(Nc3ccc(C#N)c(Cl)c3)ncn2)CC1. The lowest BCUT2D eigenvalue weighted by Crippen LogP contribution is -2.40. The molecule has 0 saturated carbocycles. The average Bonchev–Trinajstić information content (AvgIpc) is 2.68. The number of anilines is 2. The smallest absolute Gasteiger partial charge is 0.474 e. The van der Waals surface area contributed by atoms with E-state index in [1.807, 2.05) is 6.07 Å². The van der Waals surface area contributed by atoms with Crippen molar-refractivity contribution >= 4 is 29.3 Å². The van der Waals surface area contributed by atoms with Crippen molar-refractivity contribution < 1.29 is 19.1 Å². The molecule has 3 rings (SSSR count). The third-order valence-electron chi connectivity index (χ3n) is 4.29. The predicted molar refractivity (Wildman–Crippen MR) is 114 cm³/mol. The molecule has 0 radical (unpaired) electrons. The summed E-state index contributed by atoms with van der Waals surface area (Å²) in [5.41, 5.74) is 0.502. The Hall–Kier alpha value is -3.09. The van der Waals surface area contributed by atoms with Crippen molar-refractivity contribution in [2.24, 2.45) is 0 Å². The monoisotopic (exact) mass is 445 g/mol. The Kier molecular flexibility index (Phi) is 7.15. The van der Waals surface area contributed by atoms with Crippen LogP contribution < -0.4 is 10.1 Å². The van der Waals surface area contributed by atoms with Gasteiger partial charge in [0.1, 0.15) is 29.9 Å². The number of benzene rings is 1. The van der Waals surface area contributed by atoms with E-state index in [-0.39, 0.29) is 6.10 Å². The molecule has 31 heavy (non-hydrogen) atoms. The van der Waals surface area contributed by atoms with E-state index >= 15 is 0 Å². The van der Waals surface area contributed by atoms with Gasteiger partial charge < -0.3 is 19.6 Å². The van der Waals surface area contributed by atoms with Gasteiger partial charge in [-0.15, -0.1) is 5.06 Å². The molecule has 0 amide bonds. The van der Waals surface area contributed by atoms with Crippen LogP contribution in [0.3, 0.4) is 0 Å². The molecule has 1 fully saturated rings. The molecule has 1 aromatic carbocycles. The van der Waals surface area contributed by atoms with Gasteiger partial charge in [-0.3, -0.25) is 0 Å². The minimum Gasteiger partial charge on any atom is -0.474 e. The number of aromatic nitrogens is 2. The van der Waals surface area contributed by atoms with E-state index in [0.29, 0.717) is 53.9 Å². The fraction of sp³-hybridized carbons (Fsp3) is 0.429. The normalized spacial score (nSPS) is 15.1.